The molecule has 0 fully saturated rings. The van der Waals surface area contributed by atoms with Crippen LogP contribution in [0.3, 0.4) is 0 Å². The molecule has 0 saturated heterocycles. The van der Waals surface area contributed by atoms with Crippen molar-refractivity contribution in [1.29, 1.82) is 0 Å². The van der Waals surface area contributed by atoms with E-state index in [9.17, 15) is 14.4 Å². The number of H-pyrrole nitrogens is 1. The van der Waals surface area contributed by atoms with Crippen molar-refractivity contribution >= 4 is 23.1 Å². The number of nitrogen functional groups attached to an aromatic ring is 1. The highest BCUT2D eigenvalue weighted by Crippen LogP contribution is 2.22. The average Bonchev–Trinajstić information content (AvgIpc) is 2.69. The number of carbonyl (C=O) groups is 1. The predicted molar refractivity (Wildman–Crippen MR) is 120 cm³/mol. The molecule has 1 heterocycles. The number of rotatable bonds is 9. The van der Waals surface area contributed by atoms with E-state index in [0.717, 1.165) is 5.69 Å². The van der Waals surface area contributed by atoms with Crippen LogP contribution < -0.4 is 26.8 Å². The van der Waals surface area contributed by atoms with Gasteiger partial charge >= 0.3 is 5.69 Å². The molecule has 9 nitrogen and oxygen atoms in total. The normalized spacial score (nSPS) is 11.0. The zero-order valence-electron chi connectivity index (χ0n) is 18.3. The van der Waals surface area contributed by atoms with Crippen LogP contribution in [0.5, 0.6) is 0 Å². The molecule has 0 bridgehead atoms. The second-order valence-corrected chi connectivity index (χ2v) is 7.75. The first kappa shape index (κ1) is 23.2. The van der Waals surface area contributed by atoms with E-state index < -0.39 is 11.2 Å². The number of hydrogen-bond donors (Lipinski definition) is 2. The molecule has 164 valence electrons. The maximum Gasteiger partial charge on any atom is 0.330 e. The van der Waals surface area contributed by atoms with Gasteiger partial charge in [0.2, 0.25) is 0 Å². The molecule has 1 amide bonds. The number of aromatic amines is 1. The Kier molecular flexibility index (Phi) is 7.82. The van der Waals surface area contributed by atoms with Crippen molar-refractivity contribution in [3.63, 3.8) is 0 Å². The van der Waals surface area contributed by atoms with Crippen LogP contribution in [0.4, 0.5) is 17.2 Å². The summed E-state index contributed by atoms with van der Waals surface area (Å²) in [6.07, 6.45) is 0.498. The molecule has 0 unspecified atom stereocenters. The summed E-state index contributed by atoms with van der Waals surface area (Å²) in [5, 5.41) is 0. The SMILES string of the molecule is COCCCN(C(=O)c1cccc(N(C)C)c1)c1c(N)n(CC(C)C)c(=O)[nH]c1=O. The van der Waals surface area contributed by atoms with E-state index in [1.165, 1.54) is 9.47 Å². The number of aromatic nitrogens is 2. The zero-order chi connectivity index (χ0) is 22.4. The Morgan fingerprint density at radius 3 is 2.57 bits per heavy atom. The first-order valence-corrected chi connectivity index (χ1v) is 9.88. The van der Waals surface area contributed by atoms with Crippen LogP contribution >= 0.6 is 0 Å². The van der Waals surface area contributed by atoms with Gasteiger partial charge in [-0.25, -0.2) is 4.79 Å². The Hall–Kier alpha value is -3.07. The quantitative estimate of drug-likeness (QED) is 0.598. The van der Waals surface area contributed by atoms with Crippen molar-refractivity contribution in [2.24, 2.45) is 5.92 Å². The van der Waals surface area contributed by atoms with Gasteiger partial charge in [-0.1, -0.05) is 19.9 Å². The average molecular weight is 418 g/mol. The lowest BCUT2D eigenvalue weighted by Crippen LogP contribution is -2.42. The van der Waals surface area contributed by atoms with Crippen LogP contribution in [0.1, 0.15) is 30.6 Å². The fraction of sp³-hybridized carbons (Fsp3) is 0.476. The van der Waals surface area contributed by atoms with E-state index in [4.69, 9.17) is 10.5 Å². The first-order valence-electron chi connectivity index (χ1n) is 9.88. The summed E-state index contributed by atoms with van der Waals surface area (Å²) in [4.78, 5) is 43.9. The number of hydrogen-bond acceptors (Lipinski definition) is 6. The summed E-state index contributed by atoms with van der Waals surface area (Å²) in [5.74, 6) is -0.271. The Labute approximate surface area is 176 Å². The number of anilines is 3. The van der Waals surface area contributed by atoms with Gasteiger partial charge in [0, 0.05) is 52.2 Å². The molecule has 2 rings (SSSR count). The number of nitrogens with two attached hydrogens (primary N) is 1. The van der Waals surface area contributed by atoms with Gasteiger partial charge in [0.1, 0.15) is 5.82 Å². The minimum atomic E-state index is -0.688. The maximum absolute atomic E-state index is 13.4. The van der Waals surface area contributed by atoms with Crippen molar-refractivity contribution in [1.82, 2.24) is 9.55 Å². The highest BCUT2D eigenvalue weighted by molar-refractivity contribution is 6.07. The molecule has 3 N–H and O–H groups in total. The summed E-state index contributed by atoms with van der Waals surface area (Å²) in [5.41, 5.74) is 6.21. The highest BCUT2D eigenvalue weighted by atomic mass is 16.5. The molecule has 0 aliphatic rings. The van der Waals surface area contributed by atoms with Crippen LogP contribution in [0.25, 0.3) is 0 Å². The molecule has 0 aliphatic heterocycles. The number of amides is 1. The van der Waals surface area contributed by atoms with Gasteiger partial charge in [-0.3, -0.25) is 19.1 Å². The second kappa shape index (κ2) is 10.1. The largest absolute Gasteiger partial charge is 0.385 e. The Morgan fingerprint density at radius 1 is 1.27 bits per heavy atom. The molecular formula is C21H31N5O4. The lowest BCUT2D eigenvalue weighted by molar-refractivity contribution is 0.0983. The van der Waals surface area contributed by atoms with Gasteiger partial charge in [0.15, 0.2) is 5.69 Å². The van der Waals surface area contributed by atoms with Gasteiger partial charge in [0.05, 0.1) is 0 Å². The van der Waals surface area contributed by atoms with Crippen LogP contribution in [0, 0.1) is 5.92 Å². The van der Waals surface area contributed by atoms with E-state index in [1.54, 1.807) is 25.3 Å². The minimum absolute atomic E-state index is 0.0213. The number of benzene rings is 1. The monoisotopic (exact) mass is 417 g/mol. The molecular weight excluding hydrogens is 386 g/mol. The van der Waals surface area contributed by atoms with E-state index >= 15 is 0 Å². The van der Waals surface area contributed by atoms with Crippen molar-refractivity contribution in [2.45, 2.75) is 26.8 Å². The molecule has 0 atom stereocenters. The third-order valence-corrected chi connectivity index (χ3v) is 4.62. The fourth-order valence-electron chi connectivity index (χ4n) is 3.14. The number of nitrogens with one attached hydrogen (secondary N) is 1. The summed E-state index contributed by atoms with van der Waals surface area (Å²) in [6.45, 7) is 4.82. The Bertz CT molecular complexity index is 994. The van der Waals surface area contributed by atoms with Gasteiger partial charge in [-0.05, 0) is 30.5 Å². The van der Waals surface area contributed by atoms with Crippen molar-refractivity contribution in [2.75, 3.05) is 49.9 Å². The second-order valence-electron chi connectivity index (χ2n) is 7.75. The minimum Gasteiger partial charge on any atom is -0.385 e. The third kappa shape index (κ3) is 5.29. The molecule has 0 spiro atoms. The van der Waals surface area contributed by atoms with E-state index in [-0.39, 0.29) is 29.9 Å². The number of nitrogens with zero attached hydrogens (tertiary/aromatic N) is 3. The van der Waals surface area contributed by atoms with Crippen molar-refractivity contribution in [3.05, 3.63) is 50.7 Å². The molecule has 1 aromatic heterocycles. The molecule has 30 heavy (non-hydrogen) atoms. The highest BCUT2D eigenvalue weighted by Gasteiger charge is 2.25. The molecule has 0 saturated carbocycles. The lowest BCUT2D eigenvalue weighted by Gasteiger charge is -2.25. The van der Waals surface area contributed by atoms with Crippen LogP contribution in [-0.4, -0.2) is 49.8 Å². The summed E-state index contributed by atoms with van der Waals surface area (Å²) in [6, 6.07) is 7.10. The predicted octanol–water partition coefficient (Wildman–Crippen LogP) is 1.52. The first-order chi connectivity index (χ1) is 14.2. The van der Waals surface area contributed by atoms with Gasteiger partial charge < -0.3 is 20.3 Å². The van der Waals surface area contributed by atoms with Gasteiger partial charge in [-0.2, -0.15) is 0 Å². The molecule has 1 aromatic carbocycles. The van der Waals surface area contributed by atoms with Gasteiger partial charge in [0.25, 0.3) is 11.5 Å². The third-order valence-electron chi connectivity index (χ3n) is 4.62. The smallest absolute Gasteiger partial charge is 0.330 e. The Balaban J connectivity index is 2.59. The maximum atomic E-state index is 13.4. The number of methoxy groups -OCH3 is 1. The molecule has 9 heteroatoms. The van der Waals surface area contributed by atoms with Crippen LogP contribution in [-0.2, 0) is 11.3 Å². The topological polar surface area (TPSA) is 114 Å². The van der Waals surface area contributed by atoms with E-state index in [1.807, 2.05) is 38.9 Å². The Morgan fingerprint density at radius 2 is 1.97 bits per heavy atom. The number of ether oxygens (including phenoxy) is 1. The summed E-state index contributed by atoms with van der Waals surface area (Å²) < 4.78 is 6.40. The standard InChI is InChI=1S/C21H31N5O4/c1-14(2)13-26-18(22)17(19(27)23-21(26)29)25(10-7-11-30-5)20(28)15-8-6-9-16(12-15)24(3)4/h6,8-9,12,14H,7,10-11,13,22H2,1-5H3,(H,23,27,29). The fourth-order valence-corrected chi connectivity index (χ4v) is 3.14. The summed E-state index contributed by atoms with van der Waals surface area (Å²) >= 11 is 0. The lowest BCUT2D eigenvalue weighted by atomic mass is 10.1. The molecule has 2 aromatic rings. The summed E-state index contributed by atoms with van der Waals surface area (Å²) in [7, 11) is 5.32. The van der Waals surface area contributed by atoms with Crippen molar-refractivity contribution < 1.29 is 9.53 Å². The molecule has 0 radical (unpaired) electrons. The molecule has 0 aliphatic carbocycles. The number of carbonyl (C=O) groups excluding carboxylic acids is 1. The van der Waals surface area contributed by atoms with Crippen LogP contribution in [0.15, 0.2) is 33.9 Å². The van der Waals surface area contributed by atoms with Gasteiger partial charge in [-0.15, -0.1) is 0 Å². The van der Waals surface area contributed by atoms with Crippen LogP contribution in [0.2, 0.25) is 0 Å². The van der Waals surface area contributed by atoms with E-state index in [0.29, 0.717) is 25.1 Å². The van der Waals surface area contributed by atoms with E-state index in [2.05, 4.69) is 4.98 Å². The van der Waals surface area contributed by atoms with Crippen molar-refractivity contribution in [3.8, 4) is 0 Å². The zero-order valence-corrected chi connectivity index (χ0v) is 18.3.